The molecule has 0 bridgehead atoms. The van der Waals surface area contributed by atoms with Gasteiger partial charge in [0.15, 0.2) is 0 Å². The van der Waals surface area contributed by atoms with Gasteiger partial charge in [-0.3, -0.25) is 0 Å². The van der Waals surface area contributed by atoms with Crippen molar-refractivity contribution in [1.82, 2.24) is 9.55 Å². The second kappa shape index (κ2) is 5.34. The number of aryl methyl sites for hydroxylation is 1. The molecule has 4 heteroatoms. The first-order chi connectivity index (χ1) is 10.1. The number of rotatable bonds is 3. The third kappa shape index (κ3) is 2.42. The lowest BCUT2D eigenvalue weighted by atomic mass is 9.85. The van der Waals surface area contributed by atoms with Gasteiger partial charge in [0.1, 0.15) is 0 Å². The van der Waals surface area contributed by atoms with Crippen molar-refractivity contribution < 1.29 is 4.74 Å². The molecule has 1 aliphatic rings. The highest BCUT2D eigenvalue weighted by Crippen LogP contribution is 2.39. The van der Waals surface area contributed by atoms with E-state index >= 15 is 0 Å². The molecule has 21 heavy (non-hydrogen) atoms. The summed E-state index contributed by atoms with van der Waals surface area (Å²) in [7, 11) is 0. The van der Waals surface area contributed by atoms with Crippen LogP contribution in [0.15, 0.2) is 18.2 Å². The highest BCUT2D eigenvalue weighted by molar-refractivity contribution is 5.79. The fourth-order valence-corrected chi connectivity index (χ4v) is 3.57. The number of imidazole rings is 1. The molecule has 114 valence electrons. The molecule has 0 spiro atoms. The first kappa shape index (κ1) is 14.4. The summed E-state index contributed by atoms with van der Waals surface area (Å²) in [6, 6.07) is 6.72. The van der Waals surface area contributed by atoms with Gasteiger partial charge in [0.05, 0.1) is 16.6 Å². The van der Waals surface area contributed by atoms with E-state index in [1.165, 1.54) is 5.56 Å². The van der Waals surface area contributed by atoms with E-state index < -0.39 is 0 Å². The zero-order valence-corrected chi connectivity index (χ0v) is 13.2. The monoisotopic (exact) mass is 287 g/mol. The Morgan fingerprint density at radius 3 is 2.86 bits per heavy atom. The Bertz CT molecular complexity index is 643. The van der Waals surface area contributed by atoms with Gasteiger partial charge >= 0.3 is 0 Å². The Kier molecular flexibility index (Phi) is 3.66. The van der Waals surface area contributed by atoms with Crippen molar-refractivity contribution in [2.24, 2.45) is 0 Å². The smallest absolute Gasteiger partial charge is 0.201 e. The van der Waals surface area contributed by atoms with Crippen LogP contribution in [0.3, 0.4) is 0 Å². The highest BCUT2D eigenvalue weighted by atomic mass is 16.5. The minimum absolute atomic E-state index is 0.00419. The molecule has 2 N–H and O–H groups in total. The molecule has 1 fully saturated rings. The second-order valence-electron chi connectivity index (χ2n) is 6.22. The highest BCUT2D eigenvalue weighted by Gasteiger charge is 2.36. The molecule has 2 heterocycles. The van der Waals surface area contributed by atoms with Crippen LogP contribution in [0.2, 0.25) is 0 Å². The maximum absolute atomic E-state index is 6.22. The van der Waals surface area contributed by atoms with E-state index in [-0.39, 0.29) is 5.60 Å². The van der Waals surface area contributed by atoms with Gasteiger partial charge in [0.2, 0.25) is 5.95 Å². The minimum atomic E-state index is -0.00419. The lowest BCUT2D eigenvalue weighted by Gasteiger charge is -2.40. The van der Waals surface area contributed by atoms with E-state index in [4.69, 9.17) is 10.5 Å². The largest absolute Gasteiger partial charge is 0.375 e. The summed E-state index contributed by atoms with van der Waals surface area (Å²) < 4.78 is 8.32. The Labute approximate surface area is 126 Å². The first-order valence-corrected chi connectivity index (χ1v) is 7.96. The number of nitrogens with two attached hydrogens (primary N) is 1. The molecule has 0 aliphatic carbocycles. The summed E-state index contributed by atoms with van der Waals surface area (Å²) in [4.78, 5) is 4.53. The summed E-state index contributed by atoms with van der Waals surface area (Å²) >= 11 is 0. The molecule has 4 nitrogen and oxygen atoms in total. The molecule has 0 radical (unpaired) electrons. The maximum atomic E-state index is 6.22. The number of ether oxygens (including phenoxy) is 1. The van der Waals surface area contributed by atoms with Gasteiger partial charge in [-0.25, -0.2) is 4.98 Å². The third-order valence-electron chi connectivity index (χ3n) is 4.99. The van der Waals surface area contributed by atoms with Crippen LogP contribution in [-0.4, -0.2) is 21.8 Å². The minimum Gasteiger partial charge on any atom is -0.375 e. The van der Waals surface area contributed by atoms with Gasteiger partial charge in [-0.05, 0) is 50.3 Å². The van der Waals surface area contributed by atoms with Gasteiger partial charge in [0.25, 0.3) is 0 Å². The van der Waals surface area contributed by atoms with E-state index in [0.29, 0.717) is 12.0 Å². The molecule has 0 saturated carbocycles. The zero-order valence-electron chi connectivity index (χ0n) is 13.2. The summed E-state index contributed by atoms with van der Waals surface area (Å²) in [5.41, 5.74) is 9.60. The first-order valence-electron chi connectivity index (χ1n) is 7.96. The number of nitrogen functional groups attached to an aromatic ring is 1. The fourth-order valence-electron chi connectivity index (χ4n) is 3.57. The molecule has 1 aromatic heterocycles. The number of fused-ring (bicyclic) bond motifs is 1. The Balaban J connectivity index is 2.03. The van der Waals surface area contributed by atoms with E-state index in [1.54, 1.807) is 0 Å². The molecule has 1 unspecified atom stereocenters. The molecule has 2 aromatic rings. The van der Waals surface area contributed by atoms with Crippen molar-refractivity contribution in [1.29, 1.82) is 0 Å². The van der Waals surface area contributed by atoms with Gasteiger partial charge < -0.3 is 15.0 Å². The van der Waals surface area contributed by atoms with Crippen molar-refractivity contribution in [2.45, 2.75) is 58.1 Å². The fraction of sp³-hybridized carbons (Fsp3) is 0.588. The summed E-state index contributed by atoms with van der Waals surface area (Å²) in [5.74, 6) is 0.628. The molecule has 1 saturated heterocycles. The van der Waals surface area contributed by atoms with Crippen LogP contribution in [0, 0.1) is 6.92 Å². The molecular formula is C17H25N3O. The SMILES string of the molecule is CCC1(CC)CC(n2c(N)nc3ccc(C)cc32)CCO1. The number of nitrogens with zero attached hydrogens (tertiary/aromatic N) is 2. The normalized spacial score (nSPS) is 21.8. The van der Waals surface area contributed by atoms with Crippen LogP contribution in [0.4, 0.5) is 5.95 Å². The maximum Gasteiger partial charge on any atom is 0.201 e. The Morgan fingerprint density at radius 2 is 2.14 bits per heavy atom. The van der Waals surface area contributed by atoms with Gasteiger partial charge in [-0.1, -0.05) is 19.9 Å². The lowest BCUT2D eigenvalue weighted by Crippen LogP contribution is -2.39. The van der Waals surface area contributed by atoms with Crippen molar-refractivity contribution in [3.63, 3.8) is 0 Å². The standard InChI is InChI=1S/C17H25N3O/c1-4-17(5-2)11-13(8-9-21-17)20-15-10-12(3)6-7-14(15)19-16(20)18/h6-7,10,13H,4-5,8-9,11H2,1-3H3,(H2,18,19). The number of benzene rings is 1. The van der Waals surface area contributed by atoms with Gasteiger partial charge in [-0.2, -0.15) is 0 Å². The summed E-state index contributed by atoms with van der Waals surface area (Å²) in [5, 5.41) is 0. The van der Waals surface area contributed by atoms with E-state index in [0.717, 1.165) is 43.3 Å². The van der Waals surface area contributed by atoms with Crippen molar-refractivity contribution in [3.05, 3.63) is 23.8 Å². The topological polar surface area (TPSA) is 53.1 Å². The second-order valence-corrected chi connectivity index (χ2v) is 6.22. The van der Waals surface area contributed by atoms with Crippen LogP contribution in [-0.2, 0) is 4.74 Å². The number of hydrogen-bond acceptors (Lipinski definition) is 3. The number of hydrogen-bond donors (Lipinski definition) is 1. The average Bonchev–Trinajstić information content (AvgIpc) is 2.82. The van der Waals surface area contributed by atoms with Crippen molar-refractivity contribution in [3.8, 4) is 0 Å². The van der Waals surface area contributed by atoms with E-state index in [9.17, 15) is 0 Å². The number of aromatic nitrogens is 2. The van der Waals surface area contributed by atoms with Crippen LogP contribution in [0.1, 0.15) is 51.1 Å². The van der Waals surface area contributed by atoms with Gasteiger partial charge in [-0.15, -0.1) is 0 Å². The predicted molar refractivity (Wildman–Crippen MR) is 86.4 cm³/mol. The average molecular weight is 287 g/mol. The van der Waals surface area contributed by atoms with E-state index in [2.05, 4.69) is 48.5 Å². The molecule has 1 atom stereocenters. The summed E-state index contributed by atoms with van der Waals surface area (Å²) in [6.07, 6.45) is 4.12. The molecule has 0 amide bonds. The van der Waals surface area contributed by atoms with Crippen molar-refractivity contribution >= 4 is 17.0 Å². The Morgan fingerprint density at radius 1 is 1.38 bits per heavy atom. The number of anilines is 1. The lowest BCUT2D eigenvalue weighted by molar-refractivity contribution is -0.0979. The molecule has 3 rings (SSSR count). The molecule has 1 aromatic carbocycles. The van der Waals surface area contributed by atoms with Crippen LogP contribution in [0.5, 0.6) is 0 Å². The van der Waals surface area contributed by atoms with Gasteiger partial charge in [0, 0.05) is 12.6 Å². The summed E-state index contributed by atoms with van der Waals surface area (Å²) in [6.45, 7) is 7.34. The van der Waals surface area contributed by atoms with E-state index in [1.807, 2.05) is 0 Å². The van der Waals surface area contributed by atoms with Crippen LogP contribution in [0.25, 0.3) is 11.0 Å². The Hall–Kier alpha value is -1.55. The third-order valence-corrected chi connectivity index (χ3v) is 4.99. The van der Waals surface area contributed by atoms with Crippen LogP contribution < -0.4 is 5.73 Å². The van der Waals surface area contributed by atoms with Crippen LogP contribution >= 0.6 is 0 Å². The van der Waals surface area contributed by atoms with Crippen molar-refractivity contribution in [2.75, 3.05) is 12.3 Å². The molecular weight excluding hydrogens is 262 g/mol. The predicted octanol–water partition coefficient (Wildman–Crippen LogP) is 3.84. The zero-order chi connectivity index (χ0) is 15.0. The quantitative estimate of drug-likeness (QED) is 0.933. The molecule has 1 aliphatic heterocycles.